The van der Waals surface area contributed by atoms with E-state index in [9.17, 15) is 0 Å². The van der Waals surface area contributed by atoms with Gasteiger partial charge in [0, 0.05) is 17.0 Å². The minimum absolute atomic E-state index is 0.0389. The molecule has 3 saturated heterocycles. The molecule has 4 unspecified atom stereocenters. The highest BCUT2D eigenvalue weighted by Crippen LogP contribution is 2.46. The van der Waals surface area contributed by atoms with Crippen LogP contribution in [0, 0.1) is 0 Å². The van der Waals surface area contributed by atoms with Crippen LogP contribution in [0.4, 0.5) is 0 Å². The maximum Gasteiger partial charge on any atom is 0.123 e. The lowest BCUT2D eigenvalue weighted by atomic mass is 9.82. The second-order valence-electron chi connectivity index (χ2n) is 10.3. The SMILES string of the molecule is CCC(c1c(OCC2CO2)ccc2ccccc12)c1c(OCC2CO2)ccc2ccc(OCC3CO3)cc12. The zero-order chi connectivity index (χ0) is 25.5. The van der Waals surface area contributed by atoms with Crippen LogP contribution < -0.4 is 14.2 Å². The molecule has 0 N–H and O–H groups in total. The average molecular weight is 513 g/mol. The Hall–Kier alpha value is -3.32. The van der Waals surface area contributed by atoms with E-state index in [4.69, 9.17) is 28.4 Å². The van der Waals surface area contributed by atoms with Gasteiger partial charge in [-0.05, 0) is 52.2 Å². The molecule has 4 aromatic carbocycles. The third-order valence-corrected chi connectivity index (χ3v) is 7.52. The van der Waals surface area contributed by atoms with Crippen LogP contribution in [0.15, 0.2) is 66.7 Å². The van der Waals surface area contributed by atoms with Gasteiger partial charge in [0.25, 0.3) is 0 Å². The monoisotopic (exact) mass is 512 g/mol. The third kappa shape index (κ3) is 5.04. The molecule has 0 amide bonds. The molecule has 0 spiro atoms. The highest BCUT2D eigenvalue weighted by atomic mass is 16.6. The first-order chi connectivity index (χ1) is 18.8. The summed E-state index contributed by atoms with van der Waals surface area (Å²) >= 11 is 0. The molecule has 4 atom stereocenters. The Labute approximate surface area is 222 Å². The van der Waals surface area contributed by atoms with Gasteiger partial charge in [-0.3, -0.25) is 0 Å². The maximum absolute atomic E-state index is 6.44. The lowest BCUT2D eigenvalue weighted by Gasteiger charge is -2.26. The van der Waals surface area contributed by atoms with Gasteiger partial charge in [-0.15, -0.1) is 0 Å². The van der Waals surface area contributed by atoms with E-state index in [1.54, 1.807) is 0 Å². The van der Waals surface area contributed by atoms with E-state index < -0.39 is 0 Å². The summed E-state index contributed by atoms with van der Waals surface area (Å²) in [5.74, 6) is 2.66. The van der Waals surface area contributed by atoms with E-state index in [1.807, 2.05) is 6.07 Å². The standard InChI is InChI=1S/C32H32O6/c1-2-26(31-27-6-4-3-5-20(27)8-11-29(31)37-18-24-16-35-24)32-28-13-22(33-14-23-15-34-23)10-7-21(28)9-12-30(32)38-19-25-17-36-25/h3-13,23-26H,2,14-19H2,1H3. The largest absolute Gasteiger partial charge is 0.491 e. The van der Waals surface area contributed by atoms with Crippen molar-refractivity contribution < 1.29 is 28.4 Å². The lowest BCUT2D eigenvalue weighted by Crippen LogP contribution is -2.12. The van der Waals surface area contributed by atoms with Crippen molar-refractivity contribution in [2.75, 3.05) is 39.6 Å². The van der Waals surface area contributed by atoms with E-state index in [0.717, 1.165) is 59.8 Å². The summed E-state index contributed by atoms with van der Waals surface area (Å²) in [5.41, 5.74) is 2.34. The quantitative estimate of drug-likeness (QED) is 0.221. The maximum atomic E-state index is 6.44. The van der Waals surface area contributed by atoms with Crippen LogP contribution >= 0.6 is 0 Å². The predicted octanol–water partition coefficient (Wildman–Crippen LogP) is 5.87. The summed E-state index contributed by atoms with van der Waals surface area (Å²) in [7, 11) is 0. The fraction of sp³-hybridized carbons (Fsp3) is 0.375. The summed E-state index contributed by atoms with van der Waals surface area (Å²) in [5, 5.41) is 4.67. The molecule has 196 valence electrons. The van der Waals surface area contributed by atoms with Gasteiger partial charge in [0.05, 0.1) is 19.8 Å². The van der Waals surface area contributed by atoms with Gasteiger partial charge >= 0.3 is 0 Å². The van der Waals surface area contributed by atoms with E-state index in [-0.39, 0.29) is 24.2 Å². The number of hydrogen-bond donors (Lipinski definition) is 0. The second-order valence-corrected chi connectivity index (χ2v) is 10.3. The Morgan fingerprint density at radius 1 is 0.658 bits per heavy atom. The van der Waals surface area contributed by atoms with Crippen molar-refractivity contribution in [3.8, 4) is 17.2 Å². The molecule has 0 aromatic heterocycles. The normalized spacial score (nSPS) is 22.3. The molecular formula is C32H32O6. The van der Waals surface area contributed by atoms with Crippen LogP contribution in [-0.2, 0) is 14.2 Å². The van der Waals surface area contributed by atoms with Gasteiger partial charge in [-0.2, -0.15) is 0 Å². The summed E-state index contributed by atoms with van der Waals surface area (Å²) in [6.45, 7) is 6.19. The minimum atomic E-state index is 0.0389. The minimum Gasteiger partial charge on any atom is -0.491 e. The highest BCUT2D eigenvalue weighted by molar-refractivity contribution is 5.93. The van der Waals surface area contributed by atoms with Crippen LogP contribution in [-0.4, -0.2) is 58.0 Å². The molecular weight excluding hydrogens is 480 g/mol. The molecule has 3 aliphatic rings. The summed E-state index contributed by atoms with van der Waals surface area (Å²) in [4.78, 5) is 0. The smallest absolute Gasteiger partial charge is 0.123 e. The van der Waals surface area contributed by atoms with Crippen molar-refractivity contribution in [2.45, 2.75) is 37.6 Å². The Morgan fingerprint density at radius 2 is 1.18 bits per heavy atom. The number of rotatable bonds is 12. The van der Waals surface area contributed by atoms with Crippen molar-refractivity contribution in [1.82, 2.24) is 0 Å². The zero-order valence-corrected chi connectivity index (χ0v) is 21.6. The molecule has 0 bridgehead atoms. The summed E-state index contributed by atoms with van der Waals surface area (Å²) < 4.78 is 35.2. The fourth-order valence-electron chi connectivity index (χ4n) is 5.24. The number of fused-ring (bicyclic) bond motifs is 2. The van der Waals surface area contributed by atoms with Gasteiger partial charge in [0.2, 0.25) is 0 Å². The number of ether oxygens (including phenoxy) is 6. The van der Waals surface area contributed by atoms with Crippen molar-refractivity contribution in [3.63, 3.8) is 0 Å². The van der Waals surface area contributed by atoms with Crippen LogP contribution in [0.3, 0.4) is 0 Å². The molecule has 0 radical (unpaired) electrons. The molecule has 0 saturated carbocycles. The Bertz CT molecular complexity index is 1450. The van der Waals surface area contributed by atoms with E-state index in [0.29, 0.717) is 19.8 Å². The fourth-order valence-corrected chi connectivity index (χ4v) is 5.24. The van der Waals surface area contributed by atoms with Gasteiger partial charge in [0.1, 0.15) is 55.4 Å². The van der Waals surface area contributed by atoms with Gasteiger partial charge < -0.3 is 28.4 Å². The van der Waals surface area contributed by atoms with Crippen molar-refractivity contribution >= 4 is 21.5 Å². The Balaban J connectivity index is 1.38. The average Bonchev–Trinajstić information content (AvgIpc) is 3.81. The lowest BCUT2D eigenvalue weighted by molar-refractivity contribution is 0.257. The third-order valence-electron chi connectivity index (χ3n) is 7.52. The molecule has 0 aliphatic carbocycles. The van der Waals surface area contributed by atoms with Crippen LogP contribution in [0.2, 0.25) is 0 Å². The summed E-state index contributed by atoms with van der Waals surface area (Å²) in [6, 6.07) is 23.4. The topological polar surface area (TPSA) is 65.3 Å². The van der Waals surface area contributed by atoms with Crippen LogP contribution in [0.5, 0.6) is 17.2 Å². The van der Waals surface area contributed by atoms with Gasteiger partial charge in [-0.1, -0.05) is 49.4 Å². The Morgan fingerprint density at radius 3 is 1.79 bits per heavy atom. The van der Waals surface area contributed by atoms with Crippen molar-refractivity contribution in [2.24, 2.45) is 0 Å². The van der Waals surface area contributed by atoms with E-state index >= 15 is 0 Å². The van der Waals surface area contributed by atoms with Crippen molar-refractivity contribution in [3.05, 3.63) is 77.9 Å². The number of benzene rings is 4. The first-order valence-electron chi connectivity index (χ1n) is 13.6. The molecule has 4 aromatic rings. The zero-order valence-electron chi connectivity index (χ0n) is 21.6. The van der Waals surface area contributed by atoms with E-state index in [1.165, 1.54) is 16.3 Å². The van der Waals surface area contributed by atoms with E-state index in [2.05, 4.69) is 67.6 Å². The summed E-state index contributed by atoms with van der Waals surface area (Å²) in [6.07, 6.45) is 1.43. The number of hydrogen-bond acceptors (Lipinski definition) is 6. The molecule has 6 heteroatoms. The van der Waals surface area contributed by atoms with Crippen molar-refractivity contribution in [1.29, 1.82) is 0 Å². The predicted molar refractivity (Wildman–Crippen MR) is 146 cm³/mol. The number of epoxide rings is 3. The second kappa shape index (κ2) is 10.1. The highest BCUT2D eigenvalue weighted by Gasteiger charge is 2.30. The van der Waals surface area contributed by atoms with Gasteiger partial charge in [0.15, 0.2) is 0 Å². The van der Waals surface area contributed by atoms with Gasteiger partial charge in [-0.25, -0.2) is 0 Å². The first kappa shape index (κ1) is 23.8. The molecule has 7 rings (SSSR count). The van der Waals surface area contributed by atoms with Crippen LogP contribution in [0.25, 0.3) is 21.5 Å². The first-order valence-corrected chi connectivity index (χ1v) is 13.6. The molecule has 6 nitrogen and oxygen atoms in total. The molecule has 3 aliphatic heterocycles. The molecule has 3 heterocycles. The molecule has 38 heavy (non-hydrogen) atoms. The molecule has 3 fully saturated rings. The Kier molecular flexibility index (Phi) is 6.32. The van der Waals surface area contributed by atoms with Crippen LogP contribution in [0.1, 0.15) is 30.4 Å².